The lowest BCUT2D eigenvalue weighted by atomic mass is 9.72. The van der Waals surface area contributed by atoms with Crippen LogP contribution in [0.15, 0.2) is 35.8 Å². The SMILES string of the molecule is Fc1ccccc1C1(Cc2nccs2)CNC1. The predicted molar refractivity (Wildman–Crippen MR) is 66.8 cm³/mol. The number of hydrogen-bond acceptors (Lipinski definition) is 3. The van der Waals surface area contributed by atoms with Gasteiger partial charge in [-0.3, -0.25) is 0 Å². The maximum atomic E-state index is 13.9. The molecule has 17 heavy (non-hydrogen) atoms. The van der Waals surface area contributed by atoms with Gasteiger partial charge in [0.05, 0.1) is 5.01 Å². The van der Waals surface area contributed by atoms with Crippen molar-refractivity contribution in [2.24, 2.45) is 0 Å². The van der Waals surface area contributed by atoms with Crippen molar-refractivity contribution in [2.75, 3.05) is 13.1 Å². The number of halogens is 1. The molecule has 88 valence electrons. The average molecular weight is 248 g/mol. The quantitative estimate of drug-likeness (QED) is 0.902. The Morgan fingerprint density at radius 1 is 1.35 bits per heavy atom. The van der Waals surface area contributed by atoms with Gasteiger partial charge in [0, 0.05) is 36.5 Å². The third-order valence-corrected chi connectivity index (χ3v) is 4.12. The van der Waals surface area contributed by atoms with E-state index in [1.165, 1.54) is 6.07 Å². The summed E-state index contributed by atoms with van der Waals surface area (Å²) in [5, 5.41) is 6.30. The van der Waals surface area contributed by atoms with Gasteiger partial charge in [-0.2, -0.15) is 0 Å². The van der Waals surface area contributed by atoms with Gasteiger partial charge in [0.15, 0.2) is 0 Å². The van der Waals surface area contributed by atoms with Crippen molar-refractivity contribution >= 4 is 11.3 Å². The lowest BCUT2D eigenvalue weighted by Gasteiger charge is -2.43. The van der Waals surface area contributed by atoms with Crippen LogP contribution in [-0.2, 0) is 11.8 Å². The summed E-state index contributed by atoms with van der Waals surface area (Å²) in [4.78, 5) is 4.31. The van der Waals surface area contributed by atoms with E-state index in [1.54, 1.807) is 23.6 Å². The standard InChI is InChI=1S/C13H13FN2S/c14-11-4-2-1-3-10(11)13(8-15-9-13)7-12-16-5-6-17-12/h1-6,15H,7-9H2. The van der Waals surface area contributed by atoms with E-state index in [0.29, 0.717) is 0 Å². The predicted octanol–water partition coefficient (Wildman–Crippen LogP) is 2.37. The Balaban J connectivity index is 1.95. The molecule has 0 saturated carbocycles. The summed E-state index contributed by atoms with van der Waals surface area (Å²) in [5.41, 5.74) is 0.706. The Morgan fingerprint density at radius 2 is 2.18 bits per heavy atom. The molecule has 0 aliphatic carbocycles. The lowest BCUT2D eigenvalue weighted by Crippen LogP contribution is -2.58. The van der Waals surface area contributed by atoms with Crippen LogP contribution in [0.3, 0.4) is 0 Å². The van der Waals surface area contributed by atoms with Gasteiger partial charge in [0.1, 0.15) is 5.82 Å². The number of thiazole rings is 1. The number of rotatable bonds is 3. The third kappa shape index (κ3) is 1.87. The van der Waals surface area contributed by atoms with Gasteiger partial charge in [-0.25, -0.2) is 9.37 Å². The molecule has 3 rings (SSSR count). The molecule has 1 aromatic heterocycles. The second kappa shape index (κ2) is 4.20. The smallest absolute Gasteiger partial charge is 0.127 e. The maximum absolute atomic E-state index is 13.9. The first-order valence-corrected chi connectivity index (χ1v) is 6.52. The van der Waals surface area contributed by atoms with Crippen LogP contribution in [0.4, 0.5) is 4.39 Å². The summed E-state index contributed by atoms with van der Waals surface area (Å²) in [6, 6.07) is 7.07. The van der Waals surface area contributed by atoms with E-state index in [2.05, 4.69) is 10.3 Å². The highest BCUT2D eigenvalue weighted by Crippen LogP contribution is 2.34. The van der Waals surface area contributed by atoms with Crippen LogP contribution < -0.4 is 5.32 Å². The molecule has 0 spiro atoms. The second-order valence-corrected chi connectivity index (χ2v) is 5.45. The Morgan fingerprint density at radius 3 is 2.76 bits per heavy atom. The normalized spacial score (nSPS) is 17.7. The molecule has 2 heterocycles. The molecule has 2 aromatic rings. The second-order valence-electron chi connectivity index (χ2n) is 4.47. The largest absolute Gasteiger partial charge is 0.315 e. The number of benzene rings is 1. The Labute approximate surface area is 104 Å². The summed E-state index contributed by atoms with van der Waals surface area (Å²) >= 11 is 1.64. The van der Waals surface area contributed by atoms with Crippen LogP contribution in [0.5, 0.6) is 0 Å². The average Bonchev–Trinajstić information content (AvgIpc) is 2.77. The molecule has 1 aromatic carbocycles. The zero-order valence-corrected chi connectivity index (χ0v) is 10.1. The van der Waals surface area contributed by atoms with Crippen molar-refractivity contribution in [3.05, 3.63) is 52.2 Å². The highest BCUT2D eigenvalue weighted by atomic mass is 32.1. The van der Waals surface area contributed by atoms with Crippen molar-refractivity contribution in [1.29, 1.82) is 0 Å². The molecule has 1 aliphatic rings. The van der Waals surface area contributed by atoms with Crippen molar-refractivity contribution in [3.8, 4) is 0 Å². The van der Waals surface area contributed by atoms with Gasteiger partial charge in [-0.05, 0) is 11.6 Å². The Hall–Kier alpha value is -1.26. The Bertz CT molecular complexity index is 506. The highest BCUT2D eigenvalue weighted by Gasteiger charge is 2.41. The number of hydrogen-bond donors (Lipinski definition) is 1. The first kappa shape index (κ1) is 10.9. The zero-order valence-electron chi connectivity index (χ0n) is 9.32. The summed E-state index contributed by atoms with van der Waals surface area (Å²) in [7, 11) is 0. The molecule has 1 N–H and O–H groups in total. The van der Waals surface area contributed by atoms with Gasteiger partial charge >= 0.3 is 0 Å². The first-order valence-electron chi connectivity index (χ1n) is 5.64. The number of aromatic nitrogens is 1. The summed E-state index contributed by atoms with van der Waals surface area (Å²) < 4.78 is 13.9. The highest BCUT2D eigenvalue weighted by molar-refractivity contribution is 7.09. The zero-order chi connectivity index (χ0) is 11.7. The van der Waals surface area contributed by atoms with Crippen LogP contribution in [0.1, 0.15) is 10.6 Å². The molecule has 0 amide bonds. The van der Waals surface area contributed by atoms with E-state index in [0.717, 1.165) is 30.1 Å². The van der Waals surface area contributed by atoms with Crippen molar-refractivity contribution < 1.29 is 4.39 Å². The molecule has 1 aliphatic heterocycles. The fourth-order valence-corrected chi connectivity index (χ4v) is 3.12. The monoisotopic (exact) mass is 248 g/mol. The van der Waals surface area contributed by atoms with Crippen molar-refractivity contribution in [2.45, 2.75) is 11.8 Å². The summed E-state index contributed by atoms with van der Waals surface area (Å²) in [6.45, 7) is 1.65. The molecule has 4 heteroatoms. The summed E-state index contributed by atoms with van der Waals surface area (Å²) in [5.74, 6) is -0.106. The van der Waals surface area contributed by atoms with Crippen LogP contribution in [0.2, 0.25) is 0 Å². The molecule has 1 fully saturated rings. The molecule has 0 radical (unpaired) electrons. The molecule has 1 saturated heterocycles. The summed E-state index contributed by atoms with van der Waals surface area (Å²) in [6.07, 6.45) is 2.62. The molecular weight excluding hydrogens is 235 g/mol. The van der Waals surface area contributed by atoms with Crippen LogP contribution in [0.25, 0.3) is 0 Å². The van der Waals surface area contributed by atoms with Gasteiger partial charge in [-0.15, -0.1) is 11.3 Å². The van der Waals surface area contributed by atoms with E-state index < -0.39 is 0 Å². The minimum atomic E-state index is -0.108. The minimum absolute atomic E-state index is 0.106. The third-order valence-electron chi connectivity index (χ3n) is 3.35. The fraction of sp³-hybridized carbons (Fsp3) is 0.308. The number of nitrogens with zero attached hydrogens (tertiary/aromatic N) is 1. The van der Waals surface area contributed by atoms with Gasteiger partial charge < -0.3 is 5.32 Å². The maximum Gasteiger partial charge on any atom is 0.127 e. The van der Waals surface area contributed by atoms with Gasteiger partial charge in [0.2, 0.25) is 0 Å². The minimum Gasteiger partial charge on any atom is -0.315 e. The first-order chi connectivity index (χ1) is 8.30. The molecule has 2 nitrogen and oxygen atoms in total. The van der Waals surface area contributed by atoms with E-state index in [9.17, 15) is 4.39 Å². The van der Waals surface area contributed by atoms with Crippen molar-refractivity contribution in [3.63, 3.8) is 0 Å². The number of nitrogens with one attached hydrogen (secondary N) is 1. The molecule has 0 atom stereocenters. The van der Waals surface area contributed by atoms with E-state index >= 15 is 0 Å². The lowest BCUT2D eigenvalue weighted by molar-refractivity contribution is 0.265. The Kier molecular flexibility index (Phi) is 2.68. The molecule has 0 bridgehead atoms. The van der Waals surface area contributed by atoms with Crippen molar-refractivity contribution in [1.82, 2.24) is 10.3 Å². The van der Waals surface area contributed by atoms with E-state index in [-0.39, 0.29) is 11.2 Å². The van der Waals surface area contributed by atoms with E-state index in [1.807, 2.05) is 17.5 Å². The molecular formula is C13H13FN2S. The topological polar surface area (TPSA) is 24.9 Å². The van der Waals surface area contributed by atoms with Gasteiger partial charge in [-0.1, -0.05) is 18.2 Å². The van der Waals surface area contributed by atoms with E-state index in [4.69, 9.17) is 0 Å². The fourth-order valence-electron chi connectivity index (χ4n) is 2.36. The van der Waals surface area contributed by atoms with Gasteiger partial charge in [0.25, 0.3) is 0 Å². The van der Waals surface area contributed by atoms with Crippen LogP contribution >= 0.6 is 11.3 Å². The molecule has 0 unspecified atom stereocenters. The van der Waals surface area contributed by atoms with Crippen LogP contribution in [0, 0.1) is 5.82 Å². The van der Waals surface area contributed by atoms with Crippen LogP contribution in [-0.4, -0.2) is 18.1 Å².